The summed E-state index contributed by atoms with van der Waals surface area (Å²) in [6.07, 6.45) is -1.10. The lowest BCUT2D eigenvalue weighted by atomic mass is 10.2. The van der Waals surface area contributed by atoms with Gasteiger partial charge in [-0.05, 0) is 42.8 Å². The Balaban J connectivity index is 2.07. The molecule has 0 bridgehead atoms. The highest BCUT2D eigenvalue weighted by Gasteiger charge is 2.24. The van der Waals surface area contributed by atoms with Gasteiger partial charge in [0.15, 0.2) is 6.10 Å². The van der Waals surface area contributed by atoms with Crippen molar-refractivity contribution in [2.75, 3.05) is 21.1 Å². The van der Waals surface area contributed by atoms with E-state index in [0.717, 1.165) is 4.31 Å². The summed E-state index contributed by atoms with van der Waals surface area (Å²) in [5, 5.41) is 0. The van der Waals surface area contributed by atoms with Crippen LogP contribution in [0, 0.1) is 5.82 Å². The fourth-order valence-electron chi connectivity index (χ4n) is 2.57. The highest BCUT2D eigenvalue weighted by Crippen LogP contribution is 2.16. The van der Waals surface area contributed by atoms with Crippen molar-refractivity contribution in [1.82, 2.24) is 9.21 Å². The monoisotopic (exact) mass is 422 g/mol. The van der Waals surface area contributed by atoms with E-state index in [4.69, 9.17) is 4.74 Å². The van der Waals surface area contributed by atoms with Gasteiger partial charge in [0.2, 0.25) is 10.0 Å². The Morgan fingerprint density at radius 3 is 2.34 bits per heavy atom. The molecule has 156 valence electrons. The number of carbonyl (C=O) groups is 2. The Morgan fingerprint density at radius 1 is 1.07 bits per heavy atom. The highest BCUT2D eigenvalue weighted by molar-refractivity contribution is 7.89. The first-order valence-corrected chi connectivity index (χ1v) is 10.2. The molecule has 0 saturated heterocycles. The molecule has 0 aliphatic carbocycles. The number of likely N-dealkylation sites (N-methyl/N-ethyl adjacent to an activating group) is 1. The van der Waals surface area contributed by atoms with E-state index < -0.39 is 33.8 Å². The summed E-state index contributed by atoms with van der Waals surface area (Å²) in [5.41, 5.74) is 0.612. The quantitative estimate of drug-likeness (QED) is 0.639. The number of ether oxygens (including phenoxy) is 1. The van der Waals surface area contributed by atoms with E-state index in [1.807, 2.05) is 0 Å². The highest BCUT2D eigenvalue weighted by atomic mass is 32.2. The number of esters is 1. The number of sulfonamides is 1. The molecular weight excluding hydrogens is 399 g/mol. The molecule has 29 heavy (non-hydrogen) atoms. The van der Waals surface area contributed by atoms with Crippen LogP contribution in [0.1, 0.15) is 22.8 Å². The fourth-order valence-corrected chi connectivity index (χ4v) is 3.52. The molecule has 0 aliphatic rings. The van der Waals surface area contributed by atoms with Gasteiger partial charge in [-0.3, -0.25) is 4.79 Å². The summed E-state index contributed by atoms with van der Waals surface area (Å²) in [4.78, 5) is 26.1. The van der Waals surface area contributed by atoms with Crippen LogP contribution in [0.4, 0.5) is 4.39 Å². The summed E-state index contributed by atoms with van der Waals surface area (Å²) in [6.45, 7) is 1.57. The van der Waals surface area contributed by atoms with Gasteiger partial charge in [-0.1, -0.05) is 18.2 Å². The van der Waals surface area contributed by atoms with Crippen LogP contribution >= 0.6 is 0 Å². The van der Waals surface area contributed by atoms with Gasteiger partial charge < -0.3 is 9.64 Å². The molecule has 2 aromatic rings. The van der Waals surface area contributed by atoms with Crippen LogP contribution in [0.5, 0.6) is 0 Å². The van der Waals surface area contributed by atoms with Gasteiger partial charge in [-0.2, -0.15) is 0 Å². The maximum Gasteiger partial charge on any atom is 0.338 e. The summed E-state index contributed by atoms with van der Waals surface area (Å²) in [5.74, 6) is -1.70. The Bertz CT molecular complexity index is 1010. The Labute approximate surface area is 169 Å². The molecule has 9 heteroatoms. The predicted octanol–water partition coefficient (Wildman–Crippen LogP) is 2.28. The number of carbonyl (C=O) groups excluding carboxylic acids is 2. The SMILES string of the molecule is C[C@@H](OC(=O)c1cccc(S(=O)(=O)N(C)C)c1)C(=O)N(C)Cc1cccc(F)c1. The fraction of sp³-hybridized carbons (Fsp3) is 0.300. The van der Waals surface area contributed by atoms with Crippen molar-refractivity contribution in [2.45, 2.75) is 24.5 Å². The van der Waals surface area contributed by atoms with Crippen LogP contribution in [-0.4, -0.2) is 56.7 Å². The van der Waals surface area contributed by atoms with Crippen LogP contribution in [0.15, 0.2) is 53.4 Å². The smallest absolute Gasteiger partial charge is 0.338 e. The van der Waals surface area contributed by atoms with Crippen molar-refractivity contribution in [1.29, 1.82) is 0 Å². The van der Waals surface area contributed by atoms with Crippen molar-refractivity contribution in [3.8, 4) is 0 Å². The summed E-state index contributed by atoms with van der Waals surface area (Å²) >= 11 is 0. The molecule has 0 fully saturated rings. The lowest BCUT2D eigenvalue weighted by Gasteiger charge is -2.21. The molecule has 0 N–H and O–H groups in total. The molecule has 0 unspecified atom stereocenters. The minimum atomic E-state index is -3.71. The molecule has 7 nitrogen and oxygen atoms in total. The zero-order chi connectivity index (χ0) is 21.8. The average Bonchev–Trinajstić information content (AvgIpc) is 2.67. The van der Waals surface area contributed by atoms with E-state index in [1.54, 1.807) is 12.1 Å². The van der Waals surface area contributed by atoms with Crippen molar-refractivity contribution >= 4 is 21.9 Å². The lowest BCUT2D eigenvalue weighted by Crippen LogP contribution is -2.37. The first kappa shape index (κ1) is 22.5. The second-order valence-corrected chi connectivity index (χ2v) is 8.84. The number of nitrogens with zero attached hydrogens (tertiary/aromatic N) is 2. The molecule has 0 aliphatic heterocycles. The molecule has 0 heterocycles. The predicted molar refractivity (Wildman–Crippen MR) is 105 cm³/mol. The molecule has 2 rings (SSSR count). The van der Waals surface area contributed by atoms with Gasteiger partial charge in [0.25, 0.3) is 5.91 Å². The number of hydrogen-bond donors (Lipinski definition) is 0. The standard InChI is InChI=1S/C20H23FN2O5S/c1-14(19(24)23(4)13-15-7-5-9-17(21)11-15)28-20(25)16-8-6-10-18(12-16)29(26,27)22(2)3/h5-12,14H,13H2,1-4H3/t14-/m1/s1. The maximum absolute atomic E-state index is 13.3. The molecular formula is C20H23FN2O5S. The van der Waals surface area contributed by atoms with Crippen molar-refractivity contribution in [3.05, 3.63) is 65.5 Å². The number of benzene rings is 2. The molecule has 1 atom stereocenters. The minimum Gasteiger partial charge on any atom is -0.449 e. The van der Waals surface area contributed by atoms with E-state index >= 15 is 0 Å². The Kier molecular flexibility index (Phi) is 7.10. The molecule has 2 aromatic carbocycles. The zero-order valence-electron chi connectivity index (χ0n) is 16.6. The second kappa shape index (κ2) is 9.15. The van der Waals surface area contributed by atoms with Gasteiger partial charge in [0, 0.05) is 27.7 Å². The number of amides is 1. The summed E-state index contributed by atoms with van der Waals surface area (Å²) < 4.78 is 43.9. The van der Waals surface area contributed by atoms with Crippen LogP contribution in [0.3, 0.4) is 0 Å². The maximum atomic E-state index is 13.3. The van der Waals surface area contributed by atoms with Crippen molar-refractivity contribution in [2.24, 2.45) is 0 Å². The first-order valence-electron chi connectivity index (χ1n) is 8.75. The van der Waals surface area contributed by atoms with Gasteiger partial charge in [0.05, 0.1) is 10.5 Å². The third-order valence-electron chi connectivity index (χ3n) is 4.16. The molecule has 0 radical (unpaired) electrons. The van der Waals surface area contributed by atoms with Gasteiger partial charge in [0.1, 0.15) is 5.82 Å². The Morgan fingerprint density at radius 2 is 1.72 bits per heavy atom. The van der Waals surface area contributed by atoms with Gasteiger partial charge in [-0.15, -0.1) is 0 Å². The van der Waals surface area contributed by atoms with Crippen molar-refractivity contribution in [3.63, 3.8) is 0 Å². The molecule has 0 aromatic heterocycles. The van der Waals surface area contributed by atoms with Gasteiger partial charge in [-0.25, -0.2) is 21.9 Å². The van der Waals surface area contributed by atoms with Crippen molar-refractivity contribution < 1.29 is 27.1 Å². The minimum absolute atomic E-state index is 0.0142. The van der Waals surface area contributed by atoms with E-state index in [-0.39, 0.29) is 17.0 Å². The lowest BCUT2D eigenvalue weighted by molar-refractivity contribution is -0.139. The van der Waals surface area contributed by atoms with Crippen LogP contribution in [-0.2, 0) is 26.1 Å². The van der Waals surface area contributed by atoms with E-state index in [0.29, 0.717) is 5.56 Å². The topological polar surface area (TPSA) is 84.0 Å². The second-order valence-electron chi connectivity index (χ2n) is 6.69. The molecule has 1 amide bonds. The third-order valence-corrected chi connectivity index (χ3v) is 5.98. The van der Waals surface area contributed by atoms with E-state index in [2.05, 4.69) is 0 Å². The summed E-state index contributed by atoms with van der Waals surface area (Å²) in [6, 6.07) is 11.2. The van der Waals surface area contributed by atoms with E-state index in [9.17, 15) is 22.4 Å². The van der Waals surface area contributed by atoms with E-state index in [1.165, 1.54) is 69.4 Å². The summed E-state index contributed by atoms with van der Waals surface area (Å²) in [7, 11) is 0.575. The zero-order valence-corrected chi connectivity index (χ0v) is 17.4. The van der Waals surface area contributed by atoms with Crippen LogP contribution in [0.25, 0.3) is 0 Å². The van der Waals surface area contributed by atoms with Crippen LogP contribution in [0.2, 0.25) is 0 Å². The Hall–Kier alpha value is -2.78. The average molecular weight is 422 g/mol. The number of hydrogen-bond acceptors (Lipinski definition) is 5. The normalized spacial score (nSPS) is 12.5. The first-order chi connectivity index (χ1) is 13.5. The number of rotatable bonds is 7. The number of halogens is 1. The third kappa shape index (κ3) is 5.61. The molecule has 0 saturated carbocycles. The van der Waals surface area contributed by atoms with Crippen LogP contribution < -0.4 is 0 Å². The van der Waals surface area contributed by atoms with Gasteiger partial charge >= 0.3 is 5.97 Å². The molecule has 0 spiro atoms. The largest absolute Gasteiger partial charge is 0.449 e.